The minimum Gasteiger partial charge on any atom is -0.334 e. The van der Waals surface area contributed by atoms with E-state index >= 15 is 0 Å². The van der Waals surface area contributed by atoms with Crippen molar-refractivity contribution in [1.82, 2.24) is 15.1 Å². The Morgan fingerprint density at radius 1 is 1.47 bits per heavy atom. The Bertz CT molecular complexity index is 530. The maximum absolute atomic E-state index is 5.30. The van der Waals surface area contributed by atoms with E-state index < -0.39 is 0 Å². The summed E-state index contributed by atoms with van der Waals surface area (Å²) in [6, 6.07) is 0. The van der Waals surface area contributed by atoms with Gasteiger partial charge < -0.3 is 4.52 Å². The first-order valence-corrected chi connectivity index (χ1v) is 6.69. The largest absolute Gasteiger partial charge is 0.334 e. The van der Waals surface area contributed by atoms with Gasteiger partial charge in [-0.1, -0.05) is 18.2 Å². The molecule has 3 rings (SSSR count). The smallest absolute Gasteiger partial charge is 0.253 e. The quantitative estimate of drug-likeness (QED) is 0.816. The molecule has 0 aliphatic heterocycles. The minimum atomic E-state index is 0.584. The van der Waals surface area contributed by atoms with E-state index in [4.69, 9.17) is 4.52 Å². The van der Waals surface area contributed by atoms with Crippen molar-refractivity contribution in [3.63, 3.8) is 0 Å². The average Bonchev–Trinajstić information content (AvgIpc) is 3.00. The summed E-state index contributed by atoms with van der Waals surface area (Å²) >= 11 is 1.53. The summed E-state index contributed by atoms with van der Waals surface area (Å²) in [5.41, 5.74) is 3.74. The van der Waals surface area contributed by atoms with E-state index in [0.717, 1.165) is 24.5 Å². The predicted octanol–water partition coefficient (Wildman–Crippen LogP) is 3.40. The Hall–Kier alpha value is -1.49. The summed E-state index contributed by atoms with van der Waals surface area (Å²) in [4.78, 5) is 8.57. The van der Waals surface area contributed by atoms with Gasteiger partial charge in [0.2, 0.25) is 5.82 Å². The van der Waals surface area contributed by atoms with Gasteiger partial charge in [0.25, 0.3) is 5.89 Å². The fourth-order valence-electron chi connectivity index (χ4n) is 1.94. The lowest BCUT2D eigenvalue weighted by Crippen LogP contribution is -2.01. The second-order valence-electron chi connectivity index (χ2n) is 4.41. The van der Waals surface area contributed by atoms with Crippen LogP contribution in [-0.4, -0.2) is 15.1 Å². The van der Waals surface area contributed by atoms with Crippen molar-refractivity contribution in [2.75, 3.05) is 0 Å². The molecule has 1 atom stereocenters. The number of thiazole rings is 1. The molecule has 0 saturated heterocycles. The van der Waals surface area contributed by atoms with E-state index in [2.05, 4.69) is 28.1 Å². The van der Waals surface area contributed by atoms with Crippen LogP contribution in [0.1, 0.15) is 32.1 Å². The summed E-state index contributed by atoms with van der Waals surface area (Å²) in [5.74, 6) is 2.00. The van der Waals surface area contributed by atoms with Gasteiger partial charge in [0.05, 0.1) is 5.51 Å². The predicted molar refractivity (Wildman–Crippen MR) is 66.4 cm³/mol. The Kier molecular flexibility index (Phi) is 2.76. The van der Waals surface area contributed by atoms with Crippen LogP contribution in [0.5, 0.6) is 0 Å². The molecule has 0 fully saturated rings. The standard InChI is InChI=1S/C12H13N3OS/c1-8-2-4-9(5-3-8)12-14-11(15-16-12)10-6-17-7-13-10/h4,6-8H,2-3,5H2,1H3. The summed E-state index contributed by atoms with van der Waals surface area (Å²) in [6.07, 6.45) is 5.54. The van der Waals surface area contributed by atoms with Gasteiger partial charge in [0.1, 0.15) is 5.69 Å². The van der Waals surface area contributed by atoms with Crippen molar-refractivity contribution >= 4 is 16.9 Å². The summed E-state index contributed by atoms with van der Waals surface area (Å²) in [7, 11) is 0. The number of allylic oxidation sites excluding steroid dienone is 2. The van der Waals surface area contributed by atoms with Crippen LogP contribution < -0.4 is 0 Å². The average molecular weight is 247 g/mol. The van der Waals surface area contributed by atoms with Gasteiger partial charge in [0.15, 0.2) is 0 Å². The van der Waals surface area contributed by atoms with Gasteiger partial charge in [-0.25, -0.2) is 4.98 Å². The Balaban J connectivity index is 1.86. The number of hydrogen-bond acceptors (Lipinski definition) is 5. The van der Waals surface area contributed by atoms with Gasteiger partial charge in [-0.3, -0.25) is 0 Å². The first-order chi connectivity index (χ1) is 8.33. The Morgan fingerprint density at radius 3 is 3.12 bits per heavy atom. The van der Waals surface area contributed by atoms with Crippen LogP contribution in [-0.2, 0) is 0 Å². The molecule has 2 heterocycles. The molecule has 0 bridgehead atoms. The highest BCUT2D eigenvalue weighted by Crippen LogP contribution is 2.29. The van der Waals surface area contributed by atoms with Crippen LogP contribution >= 0.6 is 11.3 Å². The lowest BCUT2D eigenvalue weighted by Gasteiger charge is -2.15. The zero-order chi connectivity index (χ0) is 11.7. The first-order valence-electron chi connectivity index (χ1n) is 5.74. The van der Waals surface area contributed by atoms with Crippen molar-refractivity contribution in [2.24, 2.45) is 5.92 Å². The second-order valence-corrected chi connectivity index (χ2v) is 5.12. The maximum Gasteiger partial charge on any atom is 0.253 e. The van der Waals surface area contributed by atoms with E-state index in [0.29, 0.717) is 11.7 Å². The van der Waals surface area contributed by atoms with E-state index in [1.165, 1.54) is 23.3 Å². The molecule has 0 amide bonds. The van der Waals surface area contributed by atoms with Crippen LogP contribution in [0.25, 0.3) is 17.1 Å². The molecule has 2 aromatic heterocycles. The van der Waals surface area contributed by atoms with E-state index in [1.807, 2.05) is 5.38 Å². The highest BCUT2D eigenvalue weighted by atomic mass is 32.1. The highest BCUT2D eigenvalue weighted by molar-refractivity contribution is 7.07. The number of hydrogen-bond donors (Lipinski definition) is 0. The Labute approximate surface area is 103 Å². The Morgan fingerprint density at radius 2 is 2.41 bits per heavy atom. The fraction of sp³-hybridized carbons (Fsp3) is 0.417. The molecule has 5 heteroatoms. The van der Waals surface area contributed by atoms with Crippen molar-refractivity contribution in [2.45, 2.75) is 26.2 Å². The molecule has 1 unspecified atom stereocenters. The molecular formula is C12H13N3OS. The third-order valence-electron chi connectivity index (χ3n) is 3.04. The molecule has 0 N–H and O–H groups in total. The first kappa shape index (κ1) is 10.7. The third-order valence-corrected chi connectivity index (χ3v) is 3.62. The van der Waals surface area contributed by atoms with Crippen LogP contribution in [0, 0.1) is 5.92 Å². The highest BCUT2D eigenvalue weighted by Gasteiger charge is 2.17. The minimum absolute atomic E-state index is 0.584. The third kappa shape index (κ3) is 2.15. The zero-order valence-corrected chi connectivity index (χ0v) is 10.4. The van der Waals surface area contributed by atoms with Crippen molar-refractivity contribution in [3.05, 3.63) is 22.9 Å². The molecule has 0 saturated carbocycles. The molecule has 2 aromatic rings. The second kappa shape index (κ2) is 4.41. The van der Waals surface area contributed by atoms with Crippen LogP contribution in [0.3, 0.4) is 0 Å². The summed E-state index contributed by atoms with van der Waals surface area (Å²) in [5, 5.41) is 5.89. The summed E-state index contributed by atoms with van der Waals surface area (Å²) < 4.78 is 5.30. The monoisotopic (exact) mass is 247 g/mol. The van der Waals surface area contributed by atoms with Crippen LogP contribution in [0.4, 0.5) is 0 Å². The molecule has 0 radical (unpaired) electrons. The number of nitrogens with zero attached hydrogens (tertiary/aromatic N) is 3. The van der Waals surface area contributed by atoms with Crippen molar-refractivity contribution in [3.8, 4) is 11.5 Å². The molecule has 0 aromatic carbocycles. The molecule has 88 valence electrons. The molecule has 1 aliphatic carbocycles. The van der Waals surface area contributed by atoms with Crippen LogP contribution in [0.2, 0.25) is 0 Å². The molecule has 17 heavy (non-hydrogen) atoms. The molecule has 0 spiro atoms. The van der Waals surface area contributed by atoms with E-state index in [1.54, 1.807) is 5.51 Å². The van der Waals surface area contributed by atoms with Gasteiger partial charge in [-0.15, -0.1) is 11.3 Å². The SMILES string of the molecule is CC1CC=C(c2nc(-c3cscn3)no2)CC1. The van der Waals surface area contributed by atoms with Gasteiger partial charge in [-0.05, 0) is 25.2 Å². The molecular weight excluding hydrogens is 234 g/mol. The van der Waals surface area contributed by atoms with Crippen molar-refractivity contribution in [1.29, 1.82) is 0 Å². The van der Waals surface area contributed by atoms with Crippen molar-refractivity contribution < 1.29 is 4.52 Å². The molecule has 4 nitrogen and oxygen atoms in total. The maximum atomic E-state index is 5.30. The van der Waals surface area contributed by atoms with Gasteiger partial charge in [-0.2, -0.15) is 4.98 Å². The lowest BCUT2D eigenvalue weighted by atomic mass is 9.91. The summed E-state index contributed by atoms with van der Waals surface area (Å²) in [6.45, 7) is 2.27. The lowest BCUT2D eigenvalue weighted by molar-refractivity contribution is 0.402. The molecule has 1 aliphatic rings. The number of rotatable bonds is 2. The normalized spacial score (nSPS) is 20.3. The fourth-order valence-corrected chi connectivity index (χ4v) is 2.47. The topological polar surface area (TPSA) is 51.8 Å². The number of aromatic nitrogens is 3. The van der Waals surface area contributed by atoms with Gasteiger partial charge >= 0.3 is 0 Å². The van der Waals surface area contributed by atoms with Crippen LogP contribution in [0.15, 0.2) is 21.5 Å². The zero-order valence-electron chi connectivity index (χ0n) is 9.59. The van der Waals surface area contributed by atoms with E-state index in [9.17, 15) is 0 Å². The van der Waals surface area contributed by atoms with E-state index in [-0.39, 0.29) is 0 Å². The van der Waals surface area contributed by atoms with Gasteiger partial charge in [0, 0.05) is 11.0 Å².